The fourth-order valence-electron chi connectivity index (χ4n) is 3.57. The van der Waals surface area contributed by atoms with Gasteiger partial charge in [0, 0.05) is 38.4 Å². The van der Waals surface area contributed by atoms with Crippen LogP contribution in [0.2, 0.25) is 0 Å². The normalized spacial score (nSPS) is 20.0. The fraction of sp³-hybridized carbons (Fsp3) is 0.550. The number of rotatable bonds is 6. The third kappa shape index (κ3) is 4.61. The van der Waals surface area contributed by atoms with Crippen LogP contribution in [-0.4, -0.2) is 38.8 Å². The minimum atomic E-state index is -0.496. The monoisotopic (exact) mass is 343 g/mol. The quantitative estimate of drug-likeness (QED) is 0.875. The van der Waals surface area contributed by atoms with E-state index in [1.165, 1.54) is 5.56 Å². The minimum absolute atomic E-state index is 0.196. The second-order valence-electron chi connectivity index (χ2n) is 7.29. The molecule has 1 aliphatic rings. The zero-order valence-corrected chi connectivity index (χ0v) is 15.4. The van der Waals surface area contributed by atoms with E-state index in [1.807, 2.05) is 43.8 Å². The summed E-state index contributed by atoms with van der Waals surface area (Å²) in [5, 5.41) is 10.7. The number of nitrogens with zero attached hydrogens (tertiary/aromatic N) is 3. The average Bonchev–Trinajstić information content (AvgIpc) is 3.02. The van der Waals surface area contributed by atoms with Gasteiger partial charge in [-0.15, -0.1) is 0 Å². The highest BCUT2D eigenvalue weighted by molar-refractivity contribution is 5.27. The first-order valence-electron chi connectivity index (χ1n) is 9.16. The van der Waals surface area contributed by atoms with Gasteiger partial charge >= 0.3 is 0 Å². The summed E-state index contributed by atoms with van der Waals surface area (Å²) < 4.78 is 7.62. The summed E-state index contributed by atoms with van der Waals surface area (Å²) in [4.78, 5) is 6.74. The van der Waals surface area contributed by atoms with E-state index in [4.69, 9.17) is 4.74 Å². The standard InChI is InChI=1S/C20H29N3O2/c1-15(2)25-18-8-6-16(7-9-18)13-23-11-4-5-17(14-23)19(24)20-21-10-12-22(20)3/h6-10,12,15,17,19,24H,4-5,11,13-14H2,1-3H3. The number of aryl methyl sites for hydroxylation is 1. The number of hydrogen-bond acceptors (Lipinski definition) is 4. The predicted molar refractivity (Wildman–Crippen MR) is 98.4 cm³/mol. The van der Waals surface area contributed by atoms with Gasteiger partial charge in [0.25, 0.3) is 0 Å². The Kier molecular flexibility index (Phi) is 5.76. The lowest BCUT2D eigenvalue weighted by atomic mass is 9.91. The first kappa shape index (κ1) is 18.0. The van der Waals surface area contributed by atoms with Gasteiger partial charge in [-0.05, 0) is 50.9 Å². The highest BCUT2D eigenvalue weighted by Gasteiger charge is 2.29. The zero-order valence-electron chi connectivity index (χ0n) is 15.4. The molecule has 25 heavy (non-hydrogen) atoms. The van der Waals surface area contributed by atoms with Crippen LogP contribution in [0, 0.1) is 5.92 Å². The van der Waals surface area contributed by atoms with E-state index in [9.17, 15) is 5.11 Å². The van der Waals surface area contributed by atoms with Crippen molar-refractivity contribution >= 4 is 0 Å². The van der Waals surface area contributed by atoms with Gasteiger partial charge in [-0.2, -0.15) is 0 Å². The van der Waals surface area contributed by atoms with Crippen LogP contribution in [0.5, 0.6) is 5.75 Å². The molecule has 0 spiro atoms. The van der Waals surface area contributed by atoms with E-state index in [0.29, 0.717) is 0 Å². The fourth-order valence-corrected chi connectivity index (χ4v) is 3.57. The molecule has 1 fully saturated rings. The molecule has 2 unspecified atom stereocenters. The number of likely N-dealkylation sites (tertiary alicyclic amines) is 1. The Bertz CT molecular complexity index is 666. The number of piperidine rings is 1. The Hall–Kier alpha value is -1.85. The number of ether oxygens (including phenoxy) is 1. The van der Waals surface area contributed by atoms with Crippen molar-refractivity contribution in [2.75, 3.05) is 13.1 Å². The Morgan fingerprint density at radius 2 is 2.04 bits per heavy atom. The van der Waals surface area contributed by atoms with Crippen LogP contribution in [0.3, 0.4) is 0 Å². The molecule has 1 aromatic heterocycles. The molecule has 0 bridgehead atoms. The molecule has 1 saturated heterocycles. The number of hydrogen-bond donors (Lipinski definition) is 1. The summed E-state index contributed by atoms with van der Waals surface area (Å²) >= 11 is 0. The van der Waals surface area contributed by atoms with Crippen LogP contribution in [-0.2, 0) is 13.6 Å². The van der Waals surface area contributed by atoms with Gasteiger partial charge in [0.05, 0.1) is 6.10 Å². The van der Waals surface area contributed by atoms with Crippen molar-refractivity contribution in [1.82, 2.24) is 14.5 Å². The van der Waals surface area contributed by atoms with Crippen molar-refractivity contribution in [3.63, 3.8) is 0 Å². The predicted octanol–water partition coefficient (Wildman–Crippen LogP) is 3.15. The van der Waals surface area contributed by atoms with E-state index in [2.05, 4.69) is 22.0 Å². The van der Waals surface area contributed by atoms with Crippen molar-refractivity contribution in [2.24, 2.45) is 13.0 Å². The molecule has 2 atom stereocenters. The third-order valence-electron chi connectivity index (χ3n) is 4.81. The van der Waals surface area contributed by atoms with Gasteiger partial charge in [-0.3, -0.25) is 4.90 Å². The SMILES string of the molecule is CC(C)Oc1ccc(CN2CCCC(C(O)c3nccn3C)C2)cc1. The molecule has 0 radical (unpaired) electrons. The molecule has 2 heterocycles. The molecule has 136 valence electrons. The summed E-state index contributed by atoms with van der Waals surface area (Å²) in [6.45, 7) is 6.96. The van der Waals surface area contributed by atoms with Gasteiger partial charge < -0.3 is 14.4 Å². The van der Waals surface area contributed by atoms with Crippen LogP contribution < -0.4 is 4.74 Å². The smallest absolute Gasteiger partial charge is 0.137 e. The number of aromatic nitrogens is 2. The highest BCUT2D eigenvalue weighted by Crippen LogP contribution is 2.29. The second kappa shape index (κ2) is 8.02. The lowest BCUT2D eigenvalue weighted by molar-refractivity contribution is 0.0405. The van der Waals surface area contributed by atoms with Gasteiger partial charge in [0.2, 0.25) is 0 Å². The van der Waals surface area contributed by atoms with Crippen molar-refractivity contribution in [3.05, 3.63) is 48.0 Å². The number of aliphatic hydroxyl groups is 1. The molecule has 0 saturated carbocycles. The van der Waals surface area contributed by atoms with Crippen LogP contribution in [0.25, 0.3) is 0 Å². The lowest BCUT2D eigenvalue weighted by Gasteiger charge is -2.35. The maximum absolute atomic E-state index is 10.7. The summed E-state index contributed by atoms with van der Waals surface area (Å²) in [7, 11) is 1.94. The molecule has 1 aromatic carbocycles. The van der Waals surface area contributed by atoms with Gasteiger partial charge in [0.1, 0.15) is 17.7 Å². The van der Waals surface area contributed by atoms with Gasteiger partial charge in [0.15, 0.2) is 0 Å². The molecule has 5 heteroatoms. The van der Waals surface area contributed by atoms with E-state index in [1.54, 1.807) is 6.20 Å². The van der Waals surface area contributed by atoms with Crippen molar-refractivity contribution in [3.8, 4) is 5.75 Å². The number of benzene rings is 1. The Morgan fingerprint density at radius 1 is 1.28 bits per heavy atom. The van der Waals surface area contributed by atoms with Crippen LogP contribution in [0.4, 0.5) is 0 Å². The number of aliphatic hydroxyl groups excluding tert-OH is 1. The maximum atomic E-state index is 10.7. The van der Waals surface area contributed by atoms with Crippen molar-refractivity contribution in [1.29, 1.82) is 0 Å². The topological polar surface area (TPSA) is 50.5 Å². The first-order chi connectivity index (χ1) is 12.0. The molecule has 0 aliphatic carbocycles. The van der Waals surface area contributed by atoms with Crippen LogP contribution >= 0.6 is 0 Å². The maximum Gasteiger partial charge on any atom is 0.137 e. The van der Waals surface area contributed by atoms with E-state index >= 15 is 0 Å². The van der Waals surface area contributed by atoms with E-state index in [-0.39, 0.29) is 12.0 Å². The Labute approximate surface area is 150 Å². The van der Waals surface area contributed by atoms with Crippen molar-refractivity contribution in [2.45, 2.75) is 45.4 Å². The largest absolute Gasteiger partial charge is 0.491 e. The molecule has 1 aliphatic heterocycles. The second-order valence-corrected chi connectivity index (χ2v) is 7.29. The average molecular weight is 343 g/mol. The van der Waals surface area contributed by atoms with Crippen LogP contribution in [0.1, 0.15) is 44.2 Å². The van der Waals surface area contributed by atoms with Crippen molar-refractivity contribution < 1.29 is 9.84 Å². The summed E-state index contributed by atoms with van der Waals surface area (Å²) in [6, 6.07) is 8.35. The lowest BCUT2D eigenvalue weighted by Crippen LogP contribution is -2.37. The molecule has 5 nitrogen and oxygen atoms in total. The summed E-state index contributed by atoms with van der Waals surface area (Å²) in [5.74, 6) is 1.92. The van der Waals surface area contributed by atoms with Crippen LogP contribution in [0.15, 0.2) is 36.7 Å². The Morgan fingerprint density at radius 3 is 2.68 bits per heavy atom. The van der Waals surface area contributed by atoms with Gasteiger partial charge in [-0.25, -0.2) is 4.98 Å². The minimum Gasteiger partial charge on any atom is -0.491 e. The third-order valence-corrected chi connectivity index (χ3v) is 4.81. The molecular weight excluding hydrogens is 314 g/mol. The highest BCUT2D eigenvalue weighted by atomic mass is 16.5. The molecular formula is C20H29N3O2. The number of imidazole rings is 1. The zero-order chi connectivity index (χ0) is 17.8. The Balaban J connectivity index is 1.59. The van der Waals surface area contributed by atoms with Gasteiger partial charge in [-0.1, -0.05) is 12.1 Å². The molecule has 3 rings (SSSR count). The molecule has 1 N–H and O–H groups in total. The van der Waals surface area contributed by atoms with E-state index < -0.39 is 6.10 Å². The summed E-state index contributed by atoms with van der Waals surface area (Å²) in [6.07, 6.45) is 5.50. The summed E-state index contributed by atoms with van der Waals surface area (Å²) in [5.41, 5.74) is 1.28. The first-order valence-corrected chi connectivity index (χ1v) is 9.16. The molecule has 2 aromatic rings. The molecule has 0 amide bonds. The van der Waals surface area contributed by atoms with E-state index in [0.717, 1.165) is 44.0 Å².